The number of nitrogens with zero attached hydrogens (tertiary/aromatic N) is 1. The third-order valence-corrected chi connectivity index (χ3v) is 4.91. The minimum atomic E-state index is -4.13. The SMILES string of the molecule is Cc1cc(C(=O)NS(=O)(=O)c2cc(C(N)=O)n(C)c2)ccc1Cl. The van der Waals surface area contributed by atoms with Gasteiger partial charge in [-0.05, 0) is 36.8 Å². The second kappa shape index (κ2) is 6.05. The number of amides is 2. The van der Waals surface area contributed by atoms with Crippen LogP contribution in [0.2, 0.25) is 5.02 Å². The molecule has 0 aliphatic carbocycles. The second-order valence-corrected chi connectivity index (χ2v) is 7.02. The van der Waals surface area contributed by atoms with Crippen LogP contribution in [0.3, 0.4) is 0 Å². The fourth-order valence-electron chi connectivity index (χ4n) is 1.95. The van der Waals surface area contributed by atoms with Crippen molar-refractivity contribution in [3.8, 4) is 0 Å². The standard InChI is InChI=1S/C14H14ClN3O4S/c1-8-5-9(3-4-11(8)15)14(20)17-23(21,22)10-6-12(13(16)19)18(2)7-10/h3-7H,1-2H3,(H2,16,19)(H,17,20). The highest BCUT2D eigenvalue weighted by molar-refractivity contribution is 7.90. The van der Waals surface area contributed by atoms with Crippen molar-refractivity contribution in [3.63, 3.8) is 0 Å². The van der Waals surface area contributed by atoms with Gasteiger partial charge in [-0.25, -0.2) is 13.1 Å². The van der Waals surface area contributed by atoms with Crippen molar-refractivity contribution in [3.05, 3.63) is 52.3 Å². The van der Waals surface area contributed by atoms with Crippen molar-refractivity contribution in [1.82, 2.24) is 9.29 Å². The molecule has 2 aromatic rings. The molecule has 0 saturated heterocycles. The predicted octanol–water partition coefficient (Wildman–Crippen LogP) is 1.20. The zero-order valence-corrected chi connectivity index (χ0v) is 13.9. The van der Waals surface area contributed by atoms with Gasteiger partial charge >= 0.3 is 0 Å². The molecule has 9 heteroatoms. The van der Waals surface area contributed by atoms with E-state index in [4.69, 9.17) is 17.3 Å². The molecular formula is C14H14ClN3O4S. The molecule has 0 atom stereocenters. The number of nitrogens with two attached hydrogens (primary N) is 1. The molecule has 0 unspecified atom stereocenters. The van der Waals surface area contributed by atoms with E-state index in [0.29, 0.717) is 10.6 Å². The van der Waals surface area contributed by atoms with Crippen LogP contribution in [0.1, 0.15) is 26.4 Å². The lowest BCUT2D eigenvalue weighted by Crippen LogP contribution is -2.30. The number of nitrogens with one attached hydrogen (secondary N) is 1. The van der Waals surface area contributed by atoms with Crippen molar-refractivity contribution in [1.29, 1.82) is 0 Å². The van der Waals surface area contributed by atoms with Crippen LogP contribution < -0.4 is 10.5 Å². The van der Waals surface area contributed by atoms with Gasteiger partial charge in [-0.1, -0.05) is 11.6 Å². The summed E-state index contributed by atoms with van der Waals surface area (Å²) in [6.45, 7) is 1.70. The summed E-state index contributed by atoms with van der Waals surface area (Å²) in [6, 6.07) is 5.50. The van der Waals surface area contributed by atoms with Crippen molar-refractivity contribution < 1.29 is 18.0 Å². The molecule has 0 bridgehead atoms. The van der Waals surface area contributed by atoms with Gasteiger partial charge in [0.25, 0.3) is 21.8 Å². The van der Waals surface area contributed by atoms with Crippen LogP contribution >= 0.6 is 11.6 Å². The topological polar surface area (TPSA) is 111 Å². The molecule has 1 aromatic carbocycles. The van der Waals surface area contributed by atoms with E-state index < -0.39 is 21.8 Å². The van der Waals surface area contributed by atoms with E-state index in [9.17, 15) is 18.0 Å². The minimum absolute atomic E-state index is 0.0140. The number of carbonyl (C=O) groups excluding carboxylic acids is 2. The maximum absolute atomic E-state index is 12.2. The Balaban J connectivity index is 2.30. The number of hydrogen-bond donors (Lipinski definition) is 2. The Morgan fingerprint density at radius 1 is 1.26 bits per heavy atom. The fraction of sp³-hybridized carbons (Fsp3) is 0.143. The quantitative estimate of drug-likeness (QED) is 0.858. The van der Waals surface area contributed by atoms with E-state index in [0.717, 1.165) is 6.07 Å². The van der Waals surface area contributed by atoms with Crippen LogP contribution in [-0.4, -0.2) is 24.8 Å². The van der Waals surface area contributed by atoms with Crippen LogP contribution in [-0.2, 0) is 17.1 Å². The minimum Gasteiger partial charge on any atom is -0.364 e. The van der Waals surface area contributed by atoms with Gasteiger partial charge in [-0.15, -0.1) is 0 Å². The molecule has 0 aliphatic heterocycles. The number of primary amides is 1. The molecule has 7 nitrogen and oxygen atoms in total. The van der Waals surface area contributed by atoms with E-state index in [1.54, 1.807) is 6.92 Å². The first kappa shape index (κ1) is 17.0. The lowest BCUT2D eigenvalue weighted by atomic mass is 10.1. The molecule has 122 valence electrons. The highest BCUT2D eigenvalue weighted by atomic mass is 35.5. The van der Waals surface area contributed by atoms with E-state index >= 15 is 0 Å². The van der Waals surface area contributed by atoms with Crippen LogP contribution in [0.4, 0.5) is 0 Å². The lowest BCUT2D eigenvalue weighted by Gasteiger charge is -2.06. The number of rotatable bonds is 4. The summed E-state index contributed by atoms with van der Waals surface area (Å²) in [4.78, 5) is 23.0. The van der Waals surface area contributed by atoms with Gasteiger partial charge in [0, 0.05) is 23.8 Å². The number of aryl methyl sites for hydroxylation is 2. The molecule has 0 radical (unpaired) electrons. The van der Waals surface area contributed by atoms with E-state index in [1.807, 2.05) is 4.72 Å². The number of benzene rings is 1. The first-order valence-electron chi connectivity index (χ1n) is 6.41. The van der Waals surface area contributed by atoms with Crippen LogP contribution in [0.5, 0.6) is 0 Å². The van der Waals surface area contributed by atoms with Crippen LogP contribution in [0.15, 0.2) is 35.4 Å². The first-order valence-corrected chi connectivity index (χ1v) is 8.27. The van der Waals surface area contributed by atoms with Crippen molar-refractivity contribution in [2.75, 3.05) is 0 Å². The maximum atomic E-state index is 12.2. The van der Waals surface area contributed by atoms with Gasteiger partial charge in [0.15, 0.2) is 0 Å². The van der Waals surface area contributed by atoms with Gasteiger partial charge in [-0.2, -0.15) is 0 Å². The van der Waals surface area contributed by atoms with Gasteiger partial charge in [0.05, 0.1) is 0 Å². The molecule has 3 N–H and O–H groups in total. The summed E-state index contributed by atoms with van der Waals surface area (Å²) in [7, 11) is -2.65. The maximum Gasteiger partial charge on any atom is 0.265 e. The van der Waals surface area contributed by atoms with Crippen molar-refractivity contribution in [2.45, 2.75) is 11.8 Å². The number of halogens is 1. The zero-order valence-electron chi connectivity index (χ0n) is 12.3. The molecule has 1 aromatic heterocycles. The lowest BCUT2D eigenvalue weighted by molar-refractivity contribution is 0.0977. The summed E-state index contributed by atoms with van der Waals surface area (Å²) in [5.74, 6) is -1.57. The Hall–Kier alpha value is -2.32. The molecule has 0 fully saturated rings. The Kier molecular flexibility index (Phi) is 4.49. The molecule has 0 aliphatic rings. The number of hydrogen-bond acceptors (Lipinski definition) is 4. The third kappa shape index (κ3) is 3.54. The summed E-state index contributed by atoms with van der Waals surface area (Å²) in [5, 5.41) is 0.471. The van der Waals surface area contributed by atoms with Gasteiger partial charge < -0.3 is 10.3 Å². The highest BCUT2D eigenvalue weighted by Gasteiger charge is 2.22. The molecule has 1 heterocycles. The Labute approximate surface area is 138 Å². The Morgan fingerprint density at radius 3 is 2.43 bits per heavy atom. The summed E-state index contributed by atoms with van der Waals surface area (Å²) >= 11 is 5.87. The number of carbonyl (C=O) groups is 2. The summed E-state index contributed by atoms with van der Waals surface area (Å²) < 4.78 is 27.7. The summed E-state index contributed by atoms with van der Waals surface area (Å²) in [5.41, 5.74) is 5.95. The van der Waals surface area contributed by atoms with Gasteiger partial charge in [-0.3, -0.25) is 9.59 Å². The third-order valence-electron chi connectivity index (χ3n) is 3.19. The molecule has 0 saturated carbocycles. The normalized spacial score (nSPS) is 11.3. The Morgan fingerprint density at radius 2 is 1.91 bits per heavy atom. The van der Waals surface area contributed by atoms with Crippen molar-refractivity contribution in [2.24, 2.45) is 12.8 Å². The average molecular weight is 356 g/mol. The fourth-order valence-corrected chi connectivity index (χ4v) is 3.11. The predicted molar refractivity (Wildman–Crippen MR) is 84.8 cm³/mol. The number of aromatic nitrogens is 1. The van der Waals surface area contributed by atoms with Gasteiger partial charge in [0.2, 0.25) is 0 Å². The highest BCUT2D eigenvalue weighted by Crippen LogP contribution is 2.17. The summed E-state index contributed by atoms with van der Waals surface area (Å²) in [6.07, 6.45) is 1.20. The van der Waals surface area contributed by atoms with Crippen LogP contribution in [0.25, 0.3) is 0 Å². The molecule has 0 spiro atoms. The monoisotopic (exact) mass is 355 g/mol. The van der Waals surface area contributed by atoms with Crippen molar-refractivity contribution >= 4 is 33.4 Å². The largest absolute Gasteiger partial charge is 0.364 e. The Bertz CT molecular complexity index is 903. The first-order chi connectivity index (χ1) is 10.6. The second-order valence-electron chi connectivity index (χ2n) is 4.93. The zero-order chi connectivity index (χ0) is 17.4. The molecule has 2 amide bonds. The smallest absolute Gasteiger partial charge is 0.265 e. The van der Waals surface area contributed by atoms with Crippen LogP contribution in [0, 0.1) is 6.92 Å². The average Bonchev–Trinajstić information content (AvgIpc) is 2.84. The molecule has 2 rings (SSSR count). The van der Waals surface area contributed by atoms with Gasteiger partial charge in [0.1, 0.15) is 10.6 Å². The molecule has 23 heavy (non-hydrogen) atoms. The van der Waals surface area contributed by atoms with E-state index in [-0.39, 0.29) is 16.2 Å². The number of sulfonamides is 1. The van der Waals surface area contributed by atoms with E-state index in [1.165, 1.54) is 36.0 Å². The molecular weight excluding hydrogens is 342 g/mol. The van der Waals surface area contributed by atoms with E-state index in [2.05, 4.69) is 0 Å².